The highest BCUT2D eigenvalue weighted by atomic mass is 16.4. The molecule has 2 aromatic carbocycles. The quantitative estimate of drug-likeness (QED) is 0.0374. The number of carboxylic acid groups (broad SMARTS) is 1. The zero-order valence-electron chi connectivity index (χ0n) is 34.7. The molecular formula is C49H67N3O7. The van der Waals surface area contributed by atoms with Crippen LogP contribution in [-0.4, -0.2) is 65.9 Å². The van der Waals surface area contributed by atoms with E-state index in [4.69, 9.17) is 5.73 Å². The standard InChI is InChI=1S/C49H67N3O7/c1-2-3-6-11-32-16-17-36(45(56)24-32)14-9-5-10-15-42(48(57)58)44(55)18-20-49(59)31-34(22-33-19-21-51-46(50)25-33)23-38(49)28-39-29-43(35-12-7-4-8-13-35)47(52-39)37-26-40(53)30-41(54)27-37/h4,7-8,12-13,16-17,19,25-27,29-30,32,34,36,38,42,44-45,51-56,59H,2-3,5-6,9-11,14-15,18,20-24,28,31,50H2,1H3,(H,57,58)/t32-,34-,36-,38+,42+,44-,45-,49+/m1/s1. The molecule has 0 spiro atoms. The third-order valence-electron chi connectivity index (χ3n) is 13.2. The van der Waals surface area contributed by atoms with Crippen molar-refractivity contribution in [3.63, 3.8) is 0 Å². The fourth-order valence-corrected chi connectivity index (χ4v) is 10.0. The minimum atomic E-state index is -1.15. The molecule has 1 saturated carbocycles. The Hall–Kier alpha value is -4.51. The molecular weight excluding hydrogens is 743 g/mol. The van der Waals surface area contributed by atoms with Gasteiger partial charge in [0, 0.05) is 35.3 Å². The van der Waals surface area contributed by atoms with Crippen molar-refractivity contribution in [3.05, 3.63) is 96.0 Å². The van der Waals surface area contributed by atoms with Crippen LogP contribution in [0, 0.1) is 29.6 Å². The second-order valence-electron chi connectivity index (χ2n) is 17.8. The van der Waals surface area contributed by atoms with E-state index in [1.165, 1.54) is 25.3 Å². The number of aliphatic hydroxyl groups excluding tert-OH is 2. The van der Waals surface area contributed by atoms with E-state index >= 15 is 0 Å². The number of aromatic amines is 1. The van der Waals surface area contributed by atoms with Gasteiger partial charge >= 0.3 is 5.97 Å². The summed E-state index contributed by atoms with van der Waals surface area (Å²) in [6.45, 7) is 2.85. The van der Waals surface area contributed by atoms with Gasteiger partial charge in [0.25, 0.3) is 0 Å². The molecule has 6 rings (SSSR count). The summed E-state index contributed by atoms with van der Waals surface area (Å²) in [7, 11) is 0. The number of nitrogens with two attached hydrogens (primary N) is 1. The summed E-state index contributed by atoms with van der Waals surface area (Å²) in [5, 5.41) is 68.8. The molecule has 0 radical (unpaired) electrons. The molecule has 2 heterocycles. The normalized spacial score (nSPS) is 25.3. The molecule has 0 unspecified atom stereocenters. The molecule has 0 bridgehead atoms. The Bertz CT molecular complexity index is 1900. The third kappa shape index (κ3) is 12.0. The molecule has 8 atom stereocenters. The highest BCUT2D eigenvalue weighted by Gasteiger charge is 2.46. The first-order chi connectivity index (χ1) is 28.4. The van der Waals surface area contributed by atoms with E-state index in [9.17, 15) is 35.4 Å². The van der Waals surface area contributed by atoms with Crippen molar-refractivity contribution in [2.24, 2.45) is 35.3 Å². The van der Waals surface area contributed by atoms with Crippen molar-refractivity contribution in [3.8, 4) is 33.9 Å². The number of unbranched alkanes of at least 4 members (excludes halogenated alkanes) is 4. The number of H-pyrrole nitrogens is 1. The number of benzene rings is 2. The number of aromatic nitrogens is 1. The molecule has 59 heavy (non-hydrogen) atoms. The van der Waals surface area contributed by atoms with Gasteiger partial charge in [-0.25, -0.2) is 0 Å². The average Bonchev–Trinajstić information content (AvgIpc) is 3.76. The number of aliphatic hydroxyl groups is 3. The number of carboxylic acids is 1. The van der Waals surface area contributed by atoms with E-state index in [2.05, 4.69) is 41.5 Å². The molecule has 3 aromatic rings. The van der Waals surface area contributed by atoms with Gasteiger partial charge in [-0.15, -0.1) is 0 Å². The molecule has 10 heteroatoms. The van der Waals surface area contributed by atoms with Crippen LogP contribution in [0.2, 0.25) is 0 Å². The second-order valence-corrected chi connectivity index (χ2v) is 17.8. The summed E-state index contributed by atoms with van der Waals surface area (Å²) < 4.78 is 0. The number of allylic oxidation sites excluding steroid dienone is 3. The van der Waals surface area contributed by atoms with E-state index in [0.717, 1.165) is 73.0 Å². The first kappa shape index (κ1) is 44.1. The van der Waals surface area contributed by atoms with Crippen molar-refractivity contribution in [2.75, 3.05) is 6.54 Å². The van der Waals surface area contributed by atoms with E-state index in [1.807, 2.05) is 36.4 Å². The number of phenols is 2. The van der Waals surface area contributed by atoms with Gasteiger partial charge in [0.1, 0.15) is 11.5 Å². The van der Waals surface area contributed by atoms with Gasteiger partial charge in [-0.3, -0.25) is 4.79 Å². The Balaban J connectivity index is 1.11. The predicted octanol–water partition coefficient (Wildman–Crippen LogP) is 8.71. The van der Waals surface area contributed by atoms with Crippen molar-refractivity contribution < 1.29 is 35.4 Å². The largest absolute Gasteiger partial charge is 0.508 e. The average molecular weight is 810 g/mol. The molecule has 1 fully saturated rings. The van der Waals surface area contributed by atoms with Crippen LogP contribution in [0.5, 0.6) is 11.5 Å². The summed E-state index contributed by atoms with van der Waals surface area (Å²) in [5.41, 5.74) is 10.2. The maximum absolute atomic E-state index is 12.5. The van der Waals surface area contributed by atoms with Gasteiger partial charge in [0.15, 0.2) is 0 Å². The Morgan fingerprint density at radius 2 is 1.68 bits per heavy atom. The first-order valence-corrected chi connectivity index (χ1v) is 22.1. The van der Waals surface area contributed by atoms with Gasteiger partial charge < -0.3 is 46.7 Å². The number of carbonyl (C=O) groups is 1. The number of dihydropyridines is 1. The Morgan fingerprint density at radius 1 is 0.915 bits per heavy atom. The summed E-state index contributed by atoms with van der Waals surface area (Å²) in [6.07, 6.45) is 19.3. The summed E-state index contributed by atoms with van der Waals surface area (Å²) in [5.74, 6) is -0.853. The fourth-order valence-electron chi connectivity index (χ4n) is 10.0. The molecule has 10 nitrogen and oxygen atoms in total. The summed E-state index contributed by atoms with van der Waals surface area (Å²) >= 11 is 0. The molecule has 0 amide bonds. The van der Waals surface area contributed by atoms with E-state index in [-0.39, 0.29) is 48.2 Å². The van der Waals surface area contributed by atoms with Gasteiger partial charge in [-0.05, 0) is 117 Å². The van der Waals surface area contributed by atoms with Crippen LogP contribution in [0.1, 0.15) is 109 Å². The van der Waals surface area contributed by atoms with Crippen LogP contribution in [0.25, 0.3) is 22.4 Å². The van der Waals surface area contributed by atoms with Crippen LogP contribution in [0.15, 0.2) is 90.3 Å². The van der Waals surface area contributed by atoms with Crippen LogP contribution in [0.4, 0.5) is 0 Å². The maximum atomic E-state index is 12.5. The minimum absolute atomic E-state index is 0.0499. The number of nitrogens with one attached hydrogen (secondary N) is 2. The lowest BCUT2D eigenvalue weighted by atomic mass is 9.80. The smallest absolute Gasteiger partial charge is 0.309 e. The number of phenolic OH excluding ortho intramolecular Hbond substituents is 2. The number of hydrogen-bond donors (Lipinski definition) is 9. The monoisotopic (exact) mass is 809 g/mol. The molecule has 1 aromatic heterocycles. The zero-order chi connectivity index (χ0) is 41.9. The third-order valence-corrected chi connectivity index (χ3v) is 13.2. The van der Waals surface area contributed by atoms with E-state index < -0.39 is 23.6 Å². The van der Waals surface area contributed by atoms with Gasteiger partial charge in [0.2, 0.25) is 0 Å². The van der Waals surface area contributed by atoms with Crippen LogP contribution < -0.4 is 11.1 Å². The number of aromatic hydroxyl groups is 2. The predicted molar refractivity (Wildman–Crippen MR) is 233 cm³/mol. The van der Waals surface area contributed by atoms with Gasteiger partial charge in [-0.2, -0.15) is 0 Å². The number of aliphatic carboxylic acids is 1. The number of rotatable bonds is 21. The minimum Gasteiger partial charge on any atom is -0.508 e. The number of hydrogen-bond acceptors (Lipinski definition) is 8. The van der Waals surface area contributed by atoms with Crippen molar-refractivity contribution in [1.82, 2.24) is 10.3 Å². The summed E-state index contributed by atoms with van der Waals surface area (Å²) in [4.78, 5) is 16.0. The summed E-state index contributed by atoms with van der Waals surface area (Å²) in [6, 6.07) is 16.5. The highest BCUT2D eigenvalue weighted by molar-refractivity contribution is 5.83. The van der Waals surface area contributed by atoms with Crippen LogP contribution >= 0.6 is 0 Å². The lowest BCUT2D eigenvalue weighted by Gasteiger charge is -2.32. The first-order valence-electron chi connectivity index (χ1n) is 22.1. The van der Waals surface area contributed by atoms with Crippen LogP contribution in [-0.2, 0) is 11.2 Å². The van der Waals surface area contributed by atoms with Crippen molar-refractivity contribution in [1.29, 1.82) is 0 Å². The van der Waals surface area contributed by atoms with Crippen LogP contribution in [0.3, 0.4) is 0 Å². The lowest BCUT2D eigenvalue weighted by Crippen LogP contribution is -2.37. The Kier molecular flexibility index (Phi) is 15.4. The van der Waals surface area contributed by atoms with E-state index in [0.29, 0.717) is 49.5 Å². The Morgan fingerprint density at radius 3 is 2.39 bits per heavy atom. The topological polar surface area (TPSA) is 192 Å². The van der Waals surface area contributed by atoms with Gasteiger partial charge in [-0.1, -0.05) is 94.0 Å². The SMILES string of the molecule is CCCCC[C@@H]1C=C[C@@H](CCCCC[C@H](C(=O)O)[C@H](O)CC[C@]2(O)C[C@H](CC3=CCNC(N)=C3)C[C@H]2Cc2cc(-c3ccccc3)c(-c3cc(O)cc(O)c3)[nH]2)[C@H](O)C1. The molecule has 1 aliphatic heterocycles. The van der Waals surface area contributed by atoms with Gasteiger partial charge in [0.05, 0.1) is 35.2 Å². The molecule has 320 valence electrons. The Labute approximate surface area is 350 Å². The van der Waals surface area contributed by atoms with Crippen molar-refractivity contribution in [2.45, 2.75) is 127 Å². The lowest BCUT2D eigenvalue weighted by molar-refractivity contribution is -0.146. The molecule has 2 aliphatic carbocycles. The molecule has 0 saturated heterocycles. The molecule has 10 N–H and O–H groups in total. The zero-order valence-corrected chi connectivity index (χ0v) is 34.7. The molecule has 3 aliphatic rings. The highest BCUT2D eigenvalue weighted by Crippen LogP contribution is 2.48. The van der Waals surface area contributed by atoms with Crippen molar-refractivity contribution >= 4 is 5.97 Å². The van der Waals surface area contributed by atoms with E-state index in [1.54, 1.807) is 12.1 Å². The maximum Gasteiger partial charge on any atom is 0.309 e. The fraction of sp³-hybridized carbons (Fsp3) is 0.531. The second kappa shape index (κ2) is 20.6.